The number of carbonyl (C=O) groups excluding carboxylic acids is 2. The van der Waals surface area contributed by atoms with Gasteiger partial charge >= 0.3 is 6.03 Å². The molecule has 0 aliphatic heterocycles. The fourth-order valence-corrected chi connectivity index (χ4v) is 4.33. The molecule has 1 fully saturated rings. The number of carbonyl (C=O) groups is 2. The summed E-state index contributed by atoms with van der Waals surface area (Å²) in [4.78, 5) is 42.2. The summed E-state index contributed by atoms with van der Waals surface area (Å²) in [6.45, 7) is 7.90. The Morgan fingerprint density at radius 3 is 2.73 bits per heavy atom. The van der Waals surface area contributed by atoms with E-state index in [9.17, 15) is 14.4 Å². The van der Waals surface area contributed by atoms with Crippen LogP contribution >= 0.6 is 0 Å². The zero-order valence-corrected chi connectivity index (χ0v) is 18.5. The summed E-state index contributed by atoms with van der Waals surface area (Å²) in [5, 5.41) is 6.16. The van der Waals surface area contributed by atoms with Gasteiger partial charge in [-0.1, -0.05) is 13.8 Å². The molecule has 3 rings (SSSR count). The number of amides is 3. The molecule has 30 heavy (non-hydrogen) atoms. The molecule has 0 saturated heterocycles. The van der Waals surface area contributed by atoms with Gasteiger partial charge < -0.3 is 9.88 Å². The maximum atomic E-state index is 13.1. The molecule has 2 N–H and O–H groups in total. The smallest absolute Gasteiger partial charge is 0.321 e. The Labute approximate surface area is 177 Å². The highest BCUT2D eigenvalue weighted by atomic mass is 16.2. The number of aryl methyl sites for hydroxylation is 2. The maximum absolute atomic E-state index is 13.1. The lowest BCUT2D eigenvalue weighted by Gasteiger charge is -2.33. The molecule has 2 heterocycles. The predicted molar refractivity (Wildman–Crippen MR) is 117 cm³/mol. The number of hydrogen-bond donors (Lipinski definition) is 2. The molecule has 4 atom stereocenters. The van der Waals surface area contributed by atoms with E-state index in [0.29, 0.717) is 6.42 Å². The van der Waals surface area contributed by atoms with Crippen molar-refractivity contribution < 1.29 is 9.59 Å². The molecule has 7 heteroatoms. The van der Waals surface area contributed by atoms with Crippen molar-refractivity contribution in [3.05, 3.63) is 39.9 Å². The maximum Gasteiger partial charge on any atom is 0.321 e. The number of rotatable bonds is 4. The predicted octanol–water partition coefficient (Wildman–Crippen LogP) is 3.39. The van der Waals surface area contributed by atoms with E-state index in [1.54, 1.807) is 17.8 Å². The third-order valence-electron chi connectivity index (χ3n) is 6.47. The number of urea groups is 1. The number of nitrogens with zero attached hydrogens (tertiary/aromatic N) is 2. The fourth-order valence-electron chi connectivity index (χ4n) is 4.33. The molecule has 0 bridgehead atoms. The van der Waals surface area contributed by atoms with Crippen LogP contribution in [0.1, 0.15) is 63.6 Å². The first-order valence-corrected chi connectivity index (χ1v) is 10.8. The quantitative estimate of drug-likeness (QED) is 0.805. The lowest BCUT2D eigenvalue weighted by Crippen LogP contribution is -2.46. The van der Waals surface area contributed by atoms with E-state index >= 15 is 0 Å². The van der Waals surface area contributed by atoms with Crippen LogP contribution in [0, 0.1) is 18.8 Å². The van der Waals surface area contributed by atoms with Gasteiger partial charge in [0.05, 0.1) is 5.52 Å². The van der Waals surface area contributed by atoms with Gasteiger partial charge in [0, 0.05) is 41.8 Å². The van der Waals surface area contributed by atoms with E-state index < -0.39 is 6.03 Å². The van der Waals surface area contributed by atoms with Gasteiger partial charge in [-0.25, -0.2) is 4.79 Å². The molecular formula is C23H32N4O3. The minimum atomic E-state index is -0.451. The summed E-state index contributed by atoms with van der Waals surface area (Å²) in [6.07, 6.45) is 4.70. The summed E-state index contributed by atoms with van der Waals surface area (Å²) in [5.74, 6) is -0.295. The second-order valence-corrected chi connectivity index (χ2v) is 8.71. The summed E-state index contributed by atoms with van der Waals surface area (Å²) in [6, 6.07) is 3.40. The molecule has 0 radical (unpaired) electrons. The van der Waals surface area contributed by atoms with Crippen molar-refractivity contribution in [3.8, 4) is 0 Å². The van der Waals surface area contributed by atoms with Crippen LogP contribution in [0.3, 0.4) is 0 Å². The van der Waals surface area contributed by atoms with Gasteiger partial charge in [0.2, 0.25) is 5.91 Å². The van der Waals surface area contributed by atoms with Crippen molar-refractivity contribution in [2.24, 2.45) is 18.9 Å². The topological polar surface area (TPSA) is 93.1 Å². The van der Waals surface area contributed by atoms with Crippen molar-refractivity contribution in [3.63, 3.8) is 0 Å². The van der Waals surface area contributed by atoms with Gasteiger partial charge in [-0.2, -0.15) is 0 Å². The monoisotopic (exact) mass is 412 g/mol. The van der Waals surface area contributed by atoms with E-state index in [-0.39, 0.29) is 35.3 Å². The number of fused-ring (bicyclic) bond motifs is 1. The largest absolute Gasteiger partial charge is 0.335 e. The van der Waals surface area contributed by atoms with Crippen molar-refractivity contribution in [1.82, 2.24) is 20.2 Å². The molecule has 0 aromatic carbocycles. The SMILES string of the molecule is CCC(C)NC(=O)NC(=O)C1CCC(C)C(c2cc3cnc(C)cc3n(C)c2=O)C1. The molecular weight excluding hydrogens is 380 g/mol. The Bertz CT molecular complexity index is 1010. The number of aromatic nitrogens is 2. The Morgan fingerprint density at radius 2 is 2.03 bits per heavy atom. The number of imide groups is 1. The Morgan fingerprint density at radius 1 is 1.30 bits per heavy atom. The van der Waals surface area contributed by atoms with Crippen molar-refractivity contribution in [1.29, 1.82) is 0 Å². The van der Waals surface area contributed by atoms with Crippen LogP contribution in [0.25, 0.3) is 10.9 Å². The second kappa shape index (κ2) is 8.98. The molecule has 0 spiro atoms. The van der Waals surface area contributed by atoms with E-state index in [4.69, 9.17) is 0 Å². The van der Waals surface area contributed by atoms with Crippen molar-refractivity contribution in [2.75, 3.05) is 0 Å². The number of hydrogen-bond acceptors (Lipinski definition) is 4. The Balaban J connectivity index is 1.83. The first-order chi connectivity index (χ1) is 14.2. The highest BCUT2D eigenvalue weighted by molar-refractivity contribution is 5.95. The molecule has 7 nitrogen and oxygen atoms in total. The van der Waals surface area contributed by atoms with Crippen LogP contribution in [0.4, 0.5) is 4.79 Å². The van der Waals surface area contributed by atoms with E-state index in [1.807, 2.05) is 32.9 Å². The first-order valence-electron chi connectivity index (χ1n) is 10.8. The summed E-state index contributed by atoms with van der Waals surface area (Å²) in [7, 11) is 1.78. The summed E-state index contributed by atoms with van der Waals surface area (Å²) >= 11 is 0. The van der Waals surface area contributed by atoms with Crippen LogP contribution in [0.15, 0.2) is 23.1 Å². The third-order valence-corrected chi connectivity index (χ3v) is 6.47. The van der Waals surface area contributed by atoms with Crippen LogP contribution < -0.4 is 16.2 Å². The lowest BCUT2D eigenvalue weighted by atomic mass is 9.71. The van der Waals surface area contributed by atoms with Gasteiger partial charge in [-0.15, -0.1) is 0 Å². The fraction of sp³-hybridized carbons (Fsp3) is 0.565. The summed E-state index contributed by atoms with van der Waals surface area (Å²) < 4.78 is 1.68. The molecule has 2 aromatic rings. The summed E-state index contributed by atoms with van der Waals surface area (Å²) in [5.41, 5.74) is 2.42. The molecule has 162 valence electrons. The molecule has 1 aliphatic rings. The first kappa shape index (κ1) is 22.0. The molecule has 1 aliphatic carbocycles. The molecule has 1 saturated carbocycles. The van der Waals surface area contributed by atoms with Crippen LogP contribution in [-0.4, -0.2) is 27.5 Å². The molecule has 4 unspecified atom stereocenters. The van der Waals surface area contributed by atoms with Crippen LogP contribution in [0.2, 0.25) is 0 Å². The van der Waals surface area contributed by atoms with Crippen LogP contribution in [0.5, 0.6) is 0 Å². The average molecular weight is 413 g/mol. The van der Waals surface area contributed by atoms with Gasteiger partial charge in [0.15, 0.2) is 0 Å². The van der Waals surface area contributed by atoms with E-state index in [0.717, 1.165) is 41.4 Å². The van der Waals surface area contributed by atoms with E-state index in [2.05, 4.69) is 22.5 Å². The van der Waals surface area contributed by atoms with Crippen molar-refractivity contribution in [2.45, 2.75) is 65.3 Å². The molecule has 2 aromatic heterocycles. The van der Waals surface area contributed by atoms with Crippen LogP contribution in [-0.2, 0) is 11.8 Å². The Hall–Kier alpha value is -2.70. The average Bonchev–Trinajstić information content (AvgIpc) is 2.71. The van der Waals surface area contributed by atoms with Gasteiger partial charge in [-0.05, 0) is 63.5 Å². The lowest BCUT2D eigenvalue weighted by molar-refractivity contribution is -0.125. The third kappa shape index (κ3) is 4.55. The number of pyridine rings is 2. The highest BCUT2D eigenvalue weighted by Crippen LogP contribution is 2.40. The highest BCUT2D eigenvalue weighted by Gasteiger charge is 2.34. The molecule has 3 amide bonds. The Kier molecular flexibility index (Phi) is 6.58. The van der Waals surface area contributed by atoms with Crippen molar-refractivity contribution >= 4 is 22.8 Å². The van der Waals surface area contributed by atoms with E-state index in [1.165, 1.54) is 0 Å². The standard InChI is InChI=1S/C23H32N4O3/c1-6-14(3)25-23(30)26-21(28)16-8-7-13(2)18(10-16)19-11-17-12-24-15(4)9-20(17)27(5)22(19)29/h9,11-14,16,18H,6-8,10H2,1-5H3,(H2,25,26,28,30). The zero-order valence-electron chi connectivity index (χ0n) is 18.5. The van der Waals surface area contributed by atoms with Gasteiger partial charge in [0.25, 0.3) is 5.56 Å². The normalized spacial score (nSPS) is 22.5. The minimum absolute atomic E-state index is 0.00907. The zero-order chi connectivity index (χ0) is 22.0. The second-order valence-electron chi connectivity index (χ2n) is 8.71. The van der Waals surface area contributed by atoms with Gasteiger partial charge in [-0.3, -0.25) is 19.9 Å². The number of nitrogens with one attached hydrogen (secondary N) is 2. The van der Waals surface area contributed by atoms with Gasteiger partial charge in [0.1, 0.15) is 0 Å². The minimum Gasteiger partial charge on any atom is -0.335 e.